The number of allylic oxidation sites excluding steroid dienone is 25. The Labute approximate surface area is 460 Å². The van der Waals surface area contributed by atoms with Crippen LogP contribution in [-0.2, 0) is 28.6 Å². The van der Waals surface area contributed by atoms with E-state index in [1.807, 2.05) is 6.08 Å². The number of hydrogen-bond acceptors (Lipinski definition) is 6. The molecule has 6 nitrogen and oxygen atoms in total. The minimum atomic E-state index is -0.834. The molecule has 0 heterocycles. The third-order valence-electron chi connectivity index (χ3n) is 12.0. The number of ether oxygens (including phenoxy) is 3. The van der Waals surface area contributed by atoms with Gasteiger partial charge in [-0.15, -0.1) is 0 Å². The van der Waals surface area contributed by atoms with Crippen LogP contribution in [0.1, 0.15) is 239 Å². The molecule has 6 heteroatoms. The smallest absolute Gasteiger partial charge is 0.309 e. The normalized spacial score (nSPS) is 13.3. The second-order valence-corrected chi connectivity index (χ2v) is 19.1. The second kappa shape index (κ2) is 61.6. The number of unbranched alkanes of at least 4 members (excludes halogenated alkanes) is 16. The Morgan fingerprint density at radius 3 is 0.867 bits per heavy atom. The highest BCUT2D eigenvalue weighted by molar-refractivity contribution is 5.72. The van der Waals surface area contributed by atoms with Crippen molar-refractivity contribution in [1.82, 2.24) is 0 Å². The lowest BCUT2D eigenvalue weighted by atomic mass is 10.1. The van der Waals surface area contributed by atoms with Crippen molar-refractivity contribution in [2.75, 3.05) is 13.2 Å². The van der Waals surface area contributed by atoms with Crippen LogP contribution in [0.5, 0.6) is 0 Å². The van der Waals surface area contributed by atoms with E-state index in [0.29, 0.717) is 6.42 Å². The lowest BCUT2D eigenvalue weighted by Crippen LogP contribution is -2.30. The molecular weight excluding hydrogens is 925 g/mol. The van der Waals surface area contributed by atoms with Crippen LogP contribution in [0, 0.1) is 0 Å². The standard InChI is InChI=1S/C69H108O6/c1-4-7-10-13-16-19-22-25-28-30-31-32-33-34-35-36-37-39-41-44-47-50-53-56-59-62-68(71)74-65-66(64-73-67(70)61-58-55-52-49-46-43-40-27-24-21-18-15-12-9-6-3)75-69(72)63-60-57-54-51-48-45-42-38-29-26-23-20-17-14-11-8-5-2/h7-12,16-21,25-29,31-32,34-35,40,46,49,55,58,66H,4-6,13-15,22-24,30,33,36-39,41-45,47-48,50-54,56-57,59-65H2,1-3H3/b10-7-,11-8-,12-9-,19-16-,20-17-,21-18-,28-25-,29-26-,32-31-,35-34-,40-27-,49-46-,58-55-. The van der Waals surface area contributed by atoms with Crippen LogP contribution in [0.25, 0.3) is 0 Å². The van der Waals surface area contributed by atoms with Gasteiger partial charge in [0.05, 0.1) is 6.42 Å². The maximum Gasteiger partial charge on any atom is 0.309 e. The highest BCUT2D eigenvalue weighted by Crippen LogP contribution is 2.14. The van der Waals surface area contributed by atoms with E-state index >= 15 is 0 Å². The molecule has 0 spiro atoms. The zero-order valence-electron chi connectivity index (χ0n) is 48.0. The van der Waals surface area contributed by atoms with E-state index in [1.54, 1.807) is 6.08 Å². The van der Waals surface area contributed by atoms with Gasteiger partial charge in [0.25, 0.3) is 0 Å². The number of hydrogen-bond donors (Lipinski definition) is 0. The molecule has 0 aromatic rings. The molecule has 0 saturated heterocycles. The van der Waals surface area contributed by atoms with Crippen molar-refractivity contribution in [2.24, 2.45) is 0 Å². The van der Waals surface area contributed by atoms with Crippen molar-refractivity contribution in [1.29, 1.82) is 0 Å². The molecule has 0 radical (unpaired) electrons. The first-order chi connectivity index (χ1) is 37.0. The predicted molar refractivity (Wildman–Crippen MR) is 325 cm³/mol. The Morgan fingerprint density at radius 1 is 0.280 bits per heavy atom. The molecule has 0 aliphatic heterocycles. The number of rotatable bonds is 52. The summed E-state index contributed by atoms with van der Waals surface area (Å²) in [5, 5.41) is 0. The Bertz CT molecular complexity index is 1710. The van der Waals surface area contributed by atoms with Crippen molar-refractivity contribution in [2.45, 2.75) is 245 Å². The van der Waals surface area contributed by atoms with Gasteiger partial charge in [0.2, 0.25) is 0 Å². The Kier molecular flexibility index (Phi) is 57.5. The van der Waals surface area contributed by atoms with Crippen molar-refractivity contribution >= 4 is 17.9 Å². The summed E-state index contributed by atoms with van der Waals surface area (Å²) in [4.78, 5) is 38.2. The first kappa shape index (κ1) is 70.0. The molecule has 0 aliphatic rings. The van der Waals surface area contributed by atoms with E-state index < -0.39 is 12.1 Å². The van der Waals surface area contributed by atoms with Gasteiger partial charge in [-0.2, -0.15) is 0 Å². The van der Waals surface area contributed by atoms with Gasteiger partial charge >= 0.3 is 17.9 Å². The largest absolute Gasteiger partial charge is 0.462 e. The van der Waals surface area contributed by atoms with Crippen LogP contribution in [0.15, 0.2) is 158 Å². The summed E-state index contributed by atoms with van der Waals surface area (Å²) in [5.74, 6) is -1.08. The Morgan fingerprint density at radius 2 is 0.533 bits per heavy atom. The van der Waals surface area contributed by atoms with E-state index in [2.05, 4.69) is 167 Å². The van der Waals surface area contributed by atoms with Gasteiger partial charge in [0, 0.05) is 12.8 Å². The molecule has 0 aromatic carbocycles. The molecule has 1 unspecified atom stereocenters. The molecule has 0 fully saturated rings. The molecule has 0 saturated carbocycles. The first-order valence-electron chi connectivity index (χ1n) is 30.0. The second-order valence-electron chi connectivity index (χ2n) is 19.1. The van der Waals surface area contributed by atoms with E-state index in [1.165, 1.54) is 57.8 Å². The van der Waals surface area contributed by atoms with Gasteiger partial charge in [-0.3, -0.25) is 14.4 Å². The van der Waals surface area contributed by atoms with Gasteiger partial charge in [-0.1, -0.05) is 256 Å². The molecule has 0 amide bonds. The molecule has 75 heavy (non-hydrogen) atoms. The minimum Gasteiger partial charge on any atom is -0.462 e. The molecule has 0 rings (SSSR count). The third kappa shape index (κ3) is 59.8. The van der Waals surface area contributed by atoms with Gasteiger partial charge in [-0.05, 0) is 122 Å². The highest BCUT2D eigenvalue weighted by Gasteiger charge is 2.19. The van der Waals surface area contributed by atoms with Gasteiger partial charge in [-0.25, -0.2) is 0 Å². The highest BCUT2D eigenvalue weighted by atomic mass is 16.6. The van der Waals surface area contributed by atoms with Crippen molar-refractivity contribution in [3.05, 3.63) is 158 Å². The van der Waals surface area contributed by atoms with Gasteiger partial charge in [0.15, 0.2) is 6.10 Å². The van der Waals surface area contributed by atoms with Crippen LogP contribution in [0.4, 0.5) is 0 Å². The van der Waals surface area contributed by atoms with E-state index in [-0.39, 0.29) is 38.0 Å². The average molecular weight is 1030 g/mol. The van der Waals surface area contributed by atoms with Gasteiger partial charge in [0.1, 0.15) is 13.2 Å². The van der Waals surface area contributed by atoms with E-state index in [0.717, 1.165) is 141 Å². The monoisotopic (exact) mass is 1030 g/mol. The van der Waals surface area contributed by atoms with Crippen molar-refractivity contribution in [3.8, 4) is 0 Å². The minimum absolute atomic E-state index is 0.117. The van der Waals surface area contributed by atoms with Crippen LogP contribution in [-0.4, -0.2) is 37.2 Å². The van der Waals surface area contributed by atoms with E-state index in [4.69, 9.17) is 14.2 Å². The molecule has 0 aromatic heterocycles. The quantitative estimate of drug-likeness (QED) is 0.0261. The van der Waals surface area contributed by atoms with Crippen LogP contribution in [0.3, 0.4) is 0 Å². The van der Waals surface area contributed by atoms with Crippen LogP contribution < -0.4 is 0 Å². The fourth-order valence-electron chi connectivity index (χ4n) is 7.67. The molecule has 0 aliphatic carbocycles. The molecular formula is C69H108O6. The lowest BCUT2D eigenvalue weighted by Gasteiger charge is -2.18. The number of carbonyl (C=O) groups is 3. The zero-order valence-corrected chi connectivity index (χ0v) is 48.0. The van der Waals surface area contributed by atoms with Crippen molar-refractivity contribution < 1.29 is 28.6 Å². The fourth-order valence-corrected chi connectivity index (χ4v) is 7.67. The third-order valence-corrected chi connectivity index (χ3v) is 12.0. The summed E-state index contributed by atoms with van der Waals surface area (Å²) < 4.78 is 16.8. The average Bonchev–Trinajstić information content (AvgIpc) is 3.41. The fraction of sp³-hybridized carbons (Fsp3) is 0.580. The Balaban J connectivity index is 4.47. The zero-order chi connectivity index (χ0) is 54.3. The van der Waals surface area contributed by atoms with E-state index in [9.17, 15) is 14.4 Å². The van der Waals surface area contributed by atoms with Crippen molar-refractivity contribution in [3.63, 3.8) is 0 Å². The lowest BCUT2D eigenvalue weighted by molar-refractivity contribution is -0.166. The predicted octanol–water partition coefficient (Wildman–Crippen LogP) is 20.5. The SMILES string of the molecule is CC/C=C\C/C=C\C/C=C\C/C=C\C/C=C\CCCCCCCCCCCC(=O)OCC(COC(=O)C/C=C\C/C=C\C/C=C\C/C=C\C/C=C\CC)OC(=O)CCCCCCCCC/C=C\C/C=C\C/C=C\CC. The maximum atomic E-state index is 12.9. The molecule has 420 valence electrons. The summed E-state index contributed by atoms with van der Waals surface area (Å²) in [5.41, 5.74) is 0. The molecule has 1 atom stereocenters. The maximum absolute atomic E-state index is 12.9. The molecule has 0 N–H and O–H groups in total. The van der Waals surface area contributed by atoms with Crippen LogP contribution in [0.2, 0.25) is 0 Å². The number of esters is 3. The topological polar surface area (TPSA) is 78.9 Å². The summed E-state index contributed by atoms with van der Waals surface area (Å²) >= 11 is 0. The first-order valence-corrected chi connectivity index (χ1v) is 30.0. The molecule has 0 bridgehead atoms. The Hall–Kier alpha value is -4.97. The van der Waals surface area contributed by atoms with Gasteiger partial charge < -0.3 is 14.2 Å². The summed E-state index contributed by atoms with van der Waals surface area (Å²) in [6, 6.07) is 0. The summed E-state index contributed by atoms with van der Waals surface area (Å²) in [6.07, 6.45) is 89.8. The summed E-state index contributed by atoms with van der Waals surface area (Å²) in [6.45, 7) is 6.19. The summed E-state index contributed by atoms with van der Waals surface area (Å²) in [7, 11) is 0. The van der Waals surface area contributed by atoms with Crippen LogP contribution >= 0.6 is 0 Å². The number of carbonyl (C=O) groups excluding carboxylic acids is 3.